The lowest BCUT2D eigenvalue weighted by atomic mass is 9.77. The molecule has 1 aromatic carbocycles. The zero-order valence-electron chi connectivity index (χ0n) is 30.9. The maximum absolute atomic E-state index is 14.7. The zero-order valence-corrected chi connectivity index (χ0v) is 31.7. The first-order valence-corrected chi connectivity index (χ1v) is 19.7. The van der Waals surface area contributed by atoms with Crippen molar-refractivity contribution >= 4 is 44.7 Å². The predicted octanol–water partition coefficient (Wildman–Crippen LogP) is 5.99. The number of aromatic nitrogens is 1. The number of ether oxygens (including phenoxy) is 3. The number of carbonyl (C=O) groups is 3. The van der Waals surface area contributed by atoms with Gasteiger partial charge in [-0.25, -0.2) is 13.4 Å². The fourth-order valence-electron chi connectivity index (χ4n) is 7.59. The Bertz CT molecular complexity index is 1910. The van der Waals surface area contributed by atoms with Crippen LogP contribution in [0.2, 0.25) is 0 Å². The first-order valence-electron chi connectivity index (χ1n) is 18.2. The van der Waals surface area contributed by atoms with Gasteiger partial charge in [-0.3, -0.25) is 19.1 Å². The molecule has 2 aliphatic carbocycles. The largest absolute Gasteiger partial charge is 0.496 e. The van der Waals surface area contributed by atoms with E-state index >= 15 is 0 Å². The number of amides is 2. The third kappa shape index (κ3) is 7.77. The van der Waals surface area contributed by atoms with Gasteiger partial charge in [0.05, 0.1) is 49.3 Å². The second kappa shape index (κ2) is 14.3. The molecule has 3 heterocycles. The van der Waals surface area contributed by atoms with Crippen molar-refractivity contribution < 1.29 is 37.0 Å². The van der Waals surface area contributed by atoms with E-state index in [1.54, 1.807) is 24.3 Å². The summed E-state index contributed by atoms with van der Waals surface area (Å²) in [7, 11) is -2.14. The molecule has 2 aliphatic heterocycles. The van der Waals surface area contributed by atoms with Gasteiger partial charge >= 0.3 is 5.97 Å². The van der Waals surface area contributed by atoms with E-state index in [2.05, 4.69) is 22.9 Å². The molecular formula is C40H51N3O8S. The first kappa shape index (κ1) is 37.6. The number of fused-ring (bicyclic) bond motifs is 3. The van der Waals surface area contributed by atoms with Gasteiger partial charge in [0, 0.05) is 23.6 Å². The Kier molecular flexibility index (Phi) is 10.3. The number of nitrogens with zero attached hydrogens (tertiary/aromatic N) is 2. The number of cyclic esters (lactones) is 1. The van der Waals surface area contributed by atoms with Gasteiger partial charge in [0.1, 0.15) is 11.9 Å². The van der Waals surface area contributed by atoms with Gasteiger partial charge in [0.25, 0.3) is 0 Å². The van der Waals surface area contributed by atoms with Crippen molar-refractivity contribution in [2.75, 3.05) is 20.3 Å². The number of sulfonamides is 1. The second-order valence-corrected chi connectivity index (χ2v) is 18.1. The minimum absolute atomic E-state index is 0.0347. The van der Waals surface area contributed by atoms with Gasteiger partial charge in [-0.05, 0) is 72.9 Å². The van der Waals surface area contributed by atoms with E-state index in [0.717, 1.165) is 16.3 Å². The van der Waals surface area contributed by atoms with E-state index < -0.39 is 56.0 Å². The molecule has 4 bridgehead atoms. The summed E-state index contributed by atoms with van der Waals surface area (Å²) in [6.07, 6.45) is 9.46. The number of nitrogens with one attached hydrogen (secondary N) is 1. The highest BCUT2D eigenvalue weighted by Gasteiger charge is 2.60. The van der Waals surface area contributed by atoms with Gasteiger partial charge < -0.3 is 19.1 Å². The SMILES string of the molecule is C=C[C@@H]1C[C@]1(CC(=C)[C@@H]1C[C@@H]2CN1C(=O)[C@H](C(C)(C)C)CC(=O)OC[C@@H](C)C/C=C/c1cc3c(nccc3cc1OC)O2)C(=O)NS(=O)(=O)C1CC1. The Hall–Kier alpha value is -4.19. The summed E-state index contributed by atoms with van der Waals surface area (Å²) < 4.78 is 46.0. The summed E-state index contributed by atoms with van der Waals surface area (Å²) in [5.41, 5.74) is -0.175. The standard InChI is InChI=1S/C40H51N3O8S/c1-8-28-21-40(28,38(46)42-52(47,48)30-12-13-30)20-25(3)33-18-29-22-43(33)37(45)32(39(4,5)6)19-35(44)50-23-24(2)10-9-11-27-16-31-26(17-34(27)49-7)14-15-41-36(31)51-29/h8-9,11,14-17,24,28-30,32-33H,1,3,10,12-13,18-23H2,2,4-7H3,(H,42,46)/b11-9+/t24-,28+,29+,32+,33-,40-/m0/s1. The van der Waals surface area contributed by atoms with Crippen LogP contribution in [0.1, 0.15) is 78.2 Å². The van der Waals surface area contributed by atoms with E-state index in [9.17, 15) is 22.8 Å². The Morgan fingerprint density at radius 2 is 1.98 bits per heavy atom. The molecule has 1 saturated heterocycles. The molecule has 4 aliphatic rings. The molecule has 12 heteroatoms. The molecule has 280 valence electrons. The van der Waals surface area contributed by atoms with Crippen LogP contribution >= 0.6 is 0 Å². The number of pyridine rings is 1. The maximum atomic E-state index is 14.7. The molecule has 2 saturated carbocycles. The van der Waals surface area contributed by atoms with Crippen molar-refractivity contribution in [3.8, 4) is 11.6 Å². The number of carbonyl (C=O) groups excluding carboxylic acids is 3. The lowest BCUT2D eigenvalue weighted by molar-refractivity contribution is -0.153. The molecule has 2 aromatic rings. The molecule has 52 heavy (non-hydrogen) atoms. The number of benzene rings is 1. The summed E-state index contributed by atoms with van der Waals surface area (Å²) in [5, 5.41) is 1.13. The molecule has 0 radical (unpaired) electrons. The smallest absolute Gasteiger partial charge is 0.306 e. The maximum Gasteiger partial charge on any atom is 0.306 e. The number of hydrogen-bond donors (Lipinski definition) is 1. The van der Waals surface area contributed by atoms with Gasteiger partial charge in [0.15, 0.2) is 0 Å². The quantitative estimate of drug-likeness (QED) is 0.256. The van der Waals surface area contributed by atoms with Crippen LogP contribution in [-0.4, -0.2) is 73.7 Å². The number of methoxy groups -OCH3 is 1. The minimum Gasteiger partial charge on any atom is -0.496 e. The van der Waals surface area contributed by atoms with Crippen LogP contribution in [0.15, 0.2) is 55.3 Å². The van der Waals surface area contributed by atoms with Crippen LogP contribution in [0.5, 0.6) is 11.6 Å². The summed E-state index contributed by atoms with van der Waals surface area (Å²) in [4.78, 5) is 48.0. The Labute approximate surface area is 306 Å². The Morgan fingerprint density at radius 1 is 1.23 bits per heavy atom. The molecule has 1 N–H and O–H groups in total. The first-order chi connectivity index (χ1) is 24.6. The lowest BCUT2D eigenvalue weighted by Crippen LogP contribution is -2.46. The predicted molar refractivity (Wildman–Crippen MR) is 199 cm³/mol. The third-order valence-corrected chi connectivity index (χ3v) is 12.9. The molecular weight excluding hydrogens is 683 g/mol. The van der Waals surface area contributed by atoms with Crippen molar-refractivity contribution in [1.82, 2.24) is 14.6 Å². The Morgan fingerprint density at radius 3 is 2.63 bits per heavy atom. The minimum atomic E-state index is -3.77. The molecule has 6 atom stereocenters. The van der Waals surface area contributed by atoms with Crippen molar-refractivity contribution in [3.63, 3.8) is 0 Å². The zero-order chi connectivity index (χ0) is 37.6. The summed E-state index contributed by atoms with van der Waals surface area (Å²) >= 11 is 0. The van der Waals surface area contributed by atoms with Crippen LogP contribution in [-0.2, 0) is 29.1 Å². The van der Waals surface area contributed by atoms with Crippen molar-refractivity contribution in [2.45, 2.75) is 90.0 Å². The van der Waals surface area contributed by atoms with Crippen LogP contribution in [0.4, 0.5) is 0 Å². The second-order valence-electron chi connectivity index (χ2n) is 16.2. The average Bonchev–Trinajstić information content (AvgIpc) is 4.02. The summed E-state index contributed by atoms with van der Waals surface area (Å²) in [6.45, 7) is 16.5. The molecule has 1 aromatic heterocycles. The number of esters is 1. The molecule has 6 rings (SSSR count). The van der Waals surface area contributed by atoms with Gasteiger partial charge in [-0.1, -0.05) is 58.1 Å². The van der Waals surface area contributed by atoms with Crippen molar-refractivity contribution in [2.24, 2.45) is 28.6 Å². The summed E-state index contributed by atoms with van der Waals surface area (Å²) in [6, 6.07) is 5.26. The molecule has 3 fully saturated rings. The van der Waals surface area contributed by atoms with Crippen LogP contribution in [0.3, 0.4) is 0 Å². The monoisotopic (exact) mass is 733 g/mol. The molecule has 0 unspecified atom stereocenters. The molecule has 2 amide bonds. The number of hydrogen-bond acceptors (Lipinski definition) is 9. The highest BCUT2D eigenvalue weighted by molar-refractivity contribution is 7.90. The van der Waals surface area contributed by atoms with E-state index in [4.69, 9.17) is 14.2 Å². The Balaban J connectivity index is 1.36. The van der Waals surface area contributed by atoms with Crippen molar-refractivity contribution in [1.29, 1.82) is 0 Å². The van der Waals surface area contributed by atoms with E-state index in [-0.39, 0.29) is 43.7 Å². The van der Waals surface area contributed by atoms with Gasteiger partial charge in [0.2, 0.25) is 27.7 Å². The third-order valence-electron chi connectivity index (χ3n) is 11.1. The normalized spacial score (nSPS) is 29.0. The topological polar surface area (TPSA) is 141 Å². The number of rotatable bonds is 8. The lowest BCUT2D eigenvalue weighted by Gasteiger charge is -2.36. The van der Waals surface area contributed by atoms with E-state index in [1.165, 1.54) is 0 Å². The highest BCUT2D eigenvalue weighted by atomic mass is 32.2. The van der Waals surface area contributed by atoms with E-state index in [1.807, 2.05) is 58.0 Å². The summed E-state index contributed by atoms with van der Waals surface area (Å²) in [5.74, 6) is -1.05. The fourth-order valence-corrected chi connectivity index (χ4v) is 8.97. The highest BCUT2D eigenvalue weighted by Crippen LogP contribution is 2.58. The van der Waals surface area contributed by atoms with E-state index in [0.29, 0.717) is 49.3 Å². The number of allylic oxidation sites excluding steroid dienone is 2. The molecule has 0 spiro atoms. The molecule has 11 nitrogen and oxygen atoms in total. The average molecular weight is 734 g/mol. The van der Waals surface area contributed by atoms with Gasteiger partial charge in [-0.15, -0.1) is 6.58 Å². The van der Waals surface area contributed by atoms with Crippen LogP contribution in [0.25, 0.3) is 16.8 Å². The van der Waals surface area contributed by atoms with Crippen LogP contribution < -0.4 is 14.2 Å². The van der Waals surface area contributed by atoms with Gasteiger partial charge in [-0.2, -0.15) is 0 Å². The van der Waals surface area contributed by atoms with Crippen molar-refractivity contribution in [3.05, 3.63) is 60.8 Å². The van der Waals surface area contributed by atoms with Crippen LogP contribution in [0, 0.1) is 28.6 Å². The fraction of sp³-hybridized carbons (Fsp3) is 0.550.